The zero-order valence-electron chi connectivity index (χ0n) is 12.7. The zero-order valence-corrected chi connectivity index (χ0v) is 13.5. The molecule has 1 amide bonds. The molecule has 1 aliphatic carbocycles. The molecule has 8 nitrogen and oxygen atoms in total. The molecule has 1 saturated carbocycles. The molecule has 0 saturated heterocycles. The first-order valence-corrected chi connectivity index (χ1v) is 8.11. The average molecular weight is 344 g/mol. The fourth-order valence-corrected chi connectivity index (χ4v) is 2.96. The first kappa shape index (κ1) is 15.9. The third kappa shape index (κ3) is 3.51. The lowest BCUT2D eigenvalue weighted by molar-refractivity contribution is 0.100. The van der Waals surface area contributed by atoms with E-state index in [4.69, 9.17) is 11.5 Å². The number of carbonyl (C=O) groups is 1. The number of hydrogen-bond acceptors (Lipinski definition) is 7. The number of anilines is 2. The highest BCUT2D eigenvalue weighted by molar-refractivity contribution is 7.21. The van der Waals surface area contributed by atoms with Crippen LogP contribution in [0.5, 0.6) is 0 Å². The van der Waals surface area contributed by atoms with Crippen molar-refractivity contribution in [2.45, 2.75) is 18.9 Å². The molecule has 0 radical (unpaired) electrons. The van der Waals surface area contributed by atoms with E-state index in [1.807, 2.05) is 18.2 Å². The fraction of sp³-hybridized carbons (Fsp3) is 0.200. The van der Waals surface area contributed by atoms with Gasteiger partial charge in [-0.3, -0.25) is 19.6 Å². The summed E-state index contributed by atoms with van der Waals surface area (Å²) in [6, 6.07) is 6.09. The number of amides is 1. The van der Waals surface area contributed by atoms with Gasteiger partial charge >= 0.3 is 0 Å². The second-order valence-electron chi connectivity index (χ2n) is 5.25. The summed E-state index contributed by atoms with van der Waals surface area (Å²) in [5.41, 5.74) is 10.7. The summed E-state index contributed by atoms with van der Waals surface area (Å²) in [4.78, 5) is 34.3. The Balaban J connectivity index is 0.000000238. The van der Waals surface area contributed by atoms with Gasteiger partial charge in [-0.05, 0) is 25.0 Å². The minimum absolute atomic E-state index is 0.106. The number of pyridine rings is 1. The fourth-order valence-electron chi connectivity index (χ4n) is 2.01. The van der Waals surface area contributed by atoms with Crippen LogP contribution in [0.4, 0.5) is 11.6 Å². The molecule has 3 aromatic rings. The van der Waals surface area contributed by atoms with E-state index in [0.29, 0.717) is 16.8 Å². The molecule has 1 aliphatic rings. The van der Waals surface area contributed by atoms with Crippen molar-refractivity contribution in [3.8, 4) is 0 Å². The van der Waals surface area contributed by atoms with E-state index in [0.717, 1.165) is 24.2 Å². The molecule has 124 valence electrons. The van der Waals surface area contributed by atoms with Crippen molar-refractivity contribution in [3.05, 3.63) is 45.8 Å². The van der Waals surface area contributed by atoms with E-state index in [2.05, 4.69) is 20.3 Å². The molecule has 0 unspecified atom stereocenters. The highest BCUT2D eigenvalue weighted by Crippen LogP contribution is 2.30. The van der Waals surface area contributed by atoms with E-state index in [9.17, 15) is 9.59 Å². The smallest absolute Gasteiger partial charge is 0.263 e. The molecular formula is C15H16N6O2S. The van der Waals surface area contributed by atoms with Gasteiger partial charge in [0, 0.05) is 18.4 Å². The predicted octanol–water partition coefficient (Wildman–Crippen LogP) is 1.32. The first-order valence-electron chi connectivity index (χ1n) is 7.30. The molecule has 0 aromatic carbocycles. The van der Waals surface area contributed by atoms with E-state index >= 15 is 0 Å². The minimum atomic E-state index is -0.647. The number of thiophene rings is 1. The molecule has 3 heterocycles. The van der Waals surface area contributed by atoms with Crippen molar-refractivity contribution in [2.24, 2.45) is 5.73 Å². The highest BCUT2D eigenvalue weighted by atomic mass is 32.1. The summed E-state index contributed by atoms with van der Waals surface area (Å²) in [7, 11) is 0. The van der Waals surface area contributed by atoms with Gasteiger partial charge in [0.1, 0.15) is 15.1 Å². The van der Waals surface area contributed by atoms with Crippen molar-refractivity contribution in [1.82, 2.24) is 15.0 Å². The molecule has 1 fully saturated rings. The van der Waals surface area contributed by atoms with Gasteiger partial charge in [-0.1, -0.05) is 6.07 Å². The molecular weight excluding hydrogens is 328 g/mol. The Hall–Kier alpha value is -2.94. The number of nitrogens with one attached hydrogen (secondary N) is 2. The maximum atomic E-state index is 11.9. The molecule has 0 bridgehead atoms. The lowest BCUT2D eigenvalue weighted by atomic mass is 10.3. The number of aromatic amines is 1. The SMILES string of the molecule is NC(=O)c1sc2nc(NC3CC3)[nH]c(=O)c2c1N.c1ccncc1. The van der Waals surface area contributed by atoms with E-state index < -0.39 is 5.91 Å². The molecule has 3 aromatic heterocycles. The van der Waals surface area contributed by atoms with Crippen LogP contribution in [-0.4, -0.2) is 26.9 Å². The van der Waals surface area contributed by atoms with E-state index in [1.54, 1.807) is 12.4 Å². The molecule has 6 N–H and O–H groups in total. The van der Waals surface area contributed by atoms with Crippen LogP contribution in [0.3, 0.4) is 0 Å². The van der Waals surface area contributed by atoms with Gasteiger partial charge in [-0.2, -0.15) is 0 Å². The van der Waals surface area contributed by atoms with Gasteiger partial charge in [-0.15, -0.1) is 11.3 Å². The third-order valence-electron chi connectivity index (χ3n) is 3.31. The van der Waals surface area contributed by atoms with Crippen LogP contribution in [0.2, 0.25) is 0 Å². The molecule has 9 heteroatoms. The lowest BCUT2D eigenvalue weighted by Crippen LogP contribution is -2.15. The number of rotatable bonds is 3. The first-order chi connectivity index (χ1) is 11.6. The number of H-pyrrole nitrogens is 1. The standard InChI is InChI=1S/C10H11N5O2S.C5H5N/c11-5-4-8(17)14-10(13-3-1-2-3)15-9(4)18-6(5)7(12)16;1-2-4-6-5-3-1/h3H,1-2,11H2,(H2,12,16)(H2,13,14,15,17);1-5H. The molecule has 0 atom stereocenters. The van der Waals surface area contributed by atoms with Crippen LogP contribution >= 0.6 is 11.3 Å². The van der Waals surface area contributed by atoms with E-state index in [-0.39, 0.29) is 21.5 Å². The number of fused-ring (bicyclic) bond motifs is 1. The second kappa shape index (κ2) is 6.67. The monoisotopic (exact) mass is 344 g/mol. The van der Waals surface area contributed by atoms with Gasteiger partial charge in [0.2, 0.25) is 5.95 Å². The van der Waals surface area contributed by atoms with Gasteiger partial charge in [-0.25, -0.2) is 4.98 Å². The maximum Gasteiger partial charge on any atom is 0.263 e. The number of nitrogens with zero attached hydrogens (tertiary/aromatic N) is 2. The number of hydrogen-bond donors (Lipinski definition) is 4. The number of nitrogens with two attached hydrogens (primary N) is 2. The quantitative estimate of drug-likeness (QED) is 0.565. The zero-order chi connectivity index (χ0) is 17.1. The number of nitrogen functional groups attached to an aromatic ring is 1. The van der Waals surface area contributed by atoms with Crippen molar-refractivity contribution in [2.75, 3.05) is 11.1 Å². The Labute approximate surface area is 140 Å². The van der Waals surface area contributed by atoms with Crippen LogP contribution in [0.15, 0.2) is 35.4 Å². The normalized spacial score (nSPS) is 13.2. The predicted molar refractivity (Wildman–Crippen MR) is 94.1 cm³/mol. The van der Waals surface area contributed by atoms with Crippen LogP contribution in [0.25, 0.3) is 10.2 Å². The Morgan fingerprint density at radius 2 is 2.00 bits per heavy atom. The van der Waals surface area contributed by atoms with Crippen molar-refractivity contribution < 1.29 is 4.79 Å². The van der Waals surface area contributed by atoms with Gasteiger partial charge < -0.3 is 16.8 Å². The largest absolute Gasteiger partial charge is 0.397 e. The van der Waals surface area contributed by atoms with E-state index in [1.165, 1.54) is 0 Å². The third-order valence-corrected chi connectivity index (χ3v) is 4.42. The van der Waals surface area contributed by atoms with Crippen molar-refractivity contribution in [1.29, 1.82) is 0 Å². The summed E-state index contributed by atoms with van der Waals surface area (Å²) >= 11 is 1.04. The van der Waals surface area contributed by atoms with Crippen molar-refractivity contribution >= 4 is 39.1 Å². The van der Waals surface area contributed by atoms with Crippen molar-refractivity contribution in [3.63, 3.8) is 0 Å². The Kier molecular flexibility index (Phi) is 4.43. The van der Waals surface area contributed by atoms with Crippen LogP contribution < -0.4 is 22.3 Å². The summed E-state index contributed by atoms with van der Waals surface area (Å²) in [6.07, 6.45) is 5.64. The molecule has 0 spiro atoms. The summed E-state index contributed by atoms with van der Waals surface area (Å²) in [6.45, 7) is 0. The summed E-state index contributed by atoms with van der Waals surface area (Å²) in [5.74, 6) is -0.237. The number of aromatic nitrogens is 3. The Morgan fingerprint density at radius 1 is 1.29 bits per heavy atom. The number of primary amides is 1. The number of carbonyl (C=O) groups excluding carboxylic acids is 1. The maximum absolute atomic E-state index is 11.9. The minimum Gasteiger partial charge on any atom is -0.397 e. The Bertz CT molecular complexity index is 890. The summed E-state index contributed by atoms with van der Waals surface area (Å²) in [5, 5.41) is 3.32. The van der Waals surface area contributed by atoms with Gasteiger partial charge in [0.05, 0.1) is 5.69 Å². The molecule has 4 rings (SSSR count). The van der Waals surface area contributed by atoms with Gasteiger partial charge in [0.15, 0.2) is 0 Å². The van der Waals surface area contributed by atoms with Gasteiger partial charge in [0.25, 0.3) is 11.5 Å². The van der Waals surface area contributed by atoms with Crippen LogP contribution in [0, 0.1) is 0 Å². The average Bonchev–Trinajstić information content (AvgIpc) is 3.31. The Morgan fingerprint density at radius 3 is 2.50 bits per heavy atom. The van der Waals surface area contributed by atoms with Crippen LogP contribution in [0.1, 0.15) is 22.5 Å². The topological polar surface area (TPSA) is 140 Å². The lowest BCUT2D eigenvalue weighted by Gasteiger charge is -2.02. The highest BCUT2D eigenvalue weighted by Gasteiger charge is 2.23. The van der Waals surface area contributed by atoms with Crippen LogP contribution in [-0.2, 0) is 0 Å². The molecule has 24 heavy (non-hydrogen) atoms. The molecule has 0 aliphatic heterocycles. The second-order valence-corrected chi connectivity index (χ2v) is 6.25. The summed E-state index contributed by atoms with van der Waals surface area (Å²) < 4.78 is 0.